The fourth-order valence-electron chi connectivity index (χ4n) is 5.05. The second-order valence-electron chi connectivity index (χ2n) is 9.60. The largest absolute Gasteiger partial charge is 0.496 e. The summed E-state index contributed by atoms with van der Waals surface area (Å²) >= 11 is 0. The maximum Gasteiger partial charge on any atom is 0.336 e. The van der Waals surface area contributed by atoms with Gasteiger partial charge < -0.3 is 18.3 Å². The first kappa shape index (κ1) is 23.7. The molecule has 0 saturated carbocycles. The molecule has 0 fully saturated rings. The third-order valence-corrected chi connectivity index (χ3v) is 7.14. The van der Waals surface area contributed by atoms with Crippen molar-refractivity contribution in [2.45, 2.75) is 32.6 Å². The molecule has 0 N–H and O–H groups in total. The molecule has 5 rings (SSSR count). The van der Waals surface area contributed by atoms with Crippen LogP contribution in [0.2, 0.25) is 0 Å². The van der Waals surface area contributed by atoms with Gasteiger partial charge in [-0.3, -0.25) is 0 Å². The van der Waals surface area contributed by atoms with Crippen LogP contribution in [0.1, 0.15) is 43.7 Å². The molecular formula is C30H28O6. The summed E-state index contributed by atoms with van der Waals surface area (Å²) in [7, 11) is 3.24. The zero-order chi connectivity index (χ0) is 25.4. The Balaban J connectivity index is 1.61. The van der Waals surface area contributed by atoms with Gasteiger partial charge in [0.25, 0.3) is 0 Å². The molecule has 36 heavy (non-hydrogen) atoms. The molecular weight excluding hydrogens is 456 g/mol. The van der Waals surface area contributed by atoms with Gasteiger partial charge in [-0.2, -0.15) is 0 Å². The third kappa shape index (κ3) is 4.35. The van der Waals surface area contributed by atoms with Crippen LogP contribution in [0.25, 0.3) is 28.0 Å². The number of ether oxygens (including phenoxy) is 2. The van der Waals surface area contributed by atoms with Crippen LogP contribution in [0.5, 0.6) is 11.5 Å². The number of rotatable bonds is 5. The summed E-state index contributed by atoms with van der Waals surface area (Å²) in [6.45, 7) is 4.40. The summed E-state index contributed by atoms with van der Waals surface area (Å²) < 4.78 is 22.1. The molecule has 2 aromatic heterocycles. The molecule has 0 aliphatic heterocycles. The van der Waals surface area contributed by atoms with Gasteiger partial charge in [0, 0.05) is 52.1 Å². The molecule has 0 bridgehead atoms. The van der Waals surface area contributed by atoms with Crippen LogP contribution >= 0.6 is 0 Å². The molecule has 184 valence electrons. The molecule has 2 heterocycles. The van der Waals surface area contributed by atoms with E-state index in [0.29, 0.717) is 22.7 Å². The van der Waals surface area contributed by atoms with Crippen LogP contribution in [0, 0.1) is 5.41 Å². The van der Waals surface area contributed by atoms with Crippen LogP contribution in [-0.2, 0) is 0 Å². The fraction of sp³-hybridized carbons (Fsp3) is 0.267. The second kappa shape index (κ2) is 9.19. The first-order valence-corrected chi connectivity index (χ1v) is 11.9. The highest BCUT2D eigenvalue weighted by atomic mass is 16.5. The average molecular weight is 485 g/mol. The van der Waals surface area contributed by atoms with Crippen LogP contribution < -0.4 is 20.7 Å². The van der Waals surface area contributed by atoms with E-state index in [9.17, 15) is 9.59 Å². The summed E-state index contributed by atoms with van der Waals surface area (Å²) in [6.07, 6.45) is 8.56. The molecule has 6 nitrogen and oxygen atoms in total. The molecule has 0 radical (unpaired) electrons. The van der Waals surface area contributed by atoms with E-state index < -0.39 is 5.63 Å². The molecule has 4 aromatic rings. The minimum absolute atomic E-state index is 0.0400. The fourth-order valence-corrected chi connectivity index (χ4v) is 5.05. The number of allylic oxidation sites excluding steroid dienone is 3. The van der Waals surface area contributed by atoms with Gasteiger partial charge in [0.2, 0.25) is 0 Å². The zero-order valence-electron chi connectivity index (χ0n) is 20.8. The first-order chi connectivity index (χ1) is 17.3. The van der Waals surface area contributed by atoms with E-state index in [4.69, 9.17) is 18.3 Å². The van der Waals surface area contributed by atoms with Gasteiger partial charge in [-0.15, -0.1) is 0 Å². The zero-order valence-corrected chi connectivity index (χ0v) is 20.8. The van der Waals surface area contributed by atoms with Crippen molar-refractivity contribution in [1.29, 1.82) is 0 Å². The van der Waals surface area contributed by atoms with E-state index in [2.05, 4.69) is 38.1 Å². The van der Waals surface area contributed by atoms with Crippen LogP contribution in [0.15, 0.2) is 84.7 Å². The average Bonchev–Trinajstić information content (AvgIpc) is 2.87. The van der Waals surface area contributed by atoms with Crippen molar-refractivity contribution < 1.29 is 18.3 Å². The minimum atomic E-state index is -0.392. The minimum Gasteiger partial charge on any atom is -0.496 e. The van der Waals surface area contributed by atoms with Crippen molar-refractivity contribution in [2.75, 3.05) is 14.2 Å². The van der Waals surface area contributed by atoms with Crippen molar-refractivity contribution in [2.24, 2.45) is 5.41 Å². The predicted molar refractivity (Wildman–Crippen MR) is 141 cm³/mol. The lowest BCUT2D eigenvalue weighted by Crippen LogP contribution is -2.26. The van der Waals surface area contributed by atoms with E-state index in [1.807, 2.05) is 6.07 Å². The Kier molecular flexibility index (Phi) is 6.04. The van der Waals surface area contributed by atoms with Gasteiger partial charge in [0.15, 0.2) is 0 Å². The summed E-state index contributed by atoms with van der Waals surface area (Å²) in [6, 6.07) is 14.0. The Morgan fingerprint density at radius 1 is 0.889 bits per heavy atom. The van der Waals surface area contributed by atoms with E-state index in [1.54, 1.807) is 38.5 Å². The van der Waals surface area contributed by atoms with Crippen molar-refractivity contribution in [3.05, 3.63) is 98.2 Å². The van der Waals surface area contributed by atoms with E-state index in [1.165, 1.54) is 17.7 Å². The maximum atomic E-state index is 11.7. The number of hydrogen-bond acceptors (Lipinski definition) is 6. The van der Waals surface area contributed by atoms with E-state index >= 15 is 0 Å². The summed E-state index contributed by atoms with van der Waals surface area (Å²) in [5.41, 5.74) is 3.26. The first-order valence-electron chi connectivity index (χ1n) is 11.9. The highest BCUT2D eigenvalue weighted by Gasteiger charge is 2.36. The Hall–Kier alpha value is -4.06. The summed E-state index contributed by atoms with van der Waals surface area (Å²) in [5, 5.41) is 1.68. The second-order valence-corrected chi connectivity index (χ2v) is 9.60. The standard InChI is InChI=1S/C30H28O6/c1-18-9-11-30(2,12-10-21-14-19-5-7-28(31)35-25(19)16-24(21)33-3)23(13-18)22-15-20-6-8-29(32)36-26(20)17-27(22)34-4/h5-8,10,12-17,23H,9,11H2,1-4H3/t23-,30-/m0/s1. The lowest BCUT2D eigenvalue weighted by Gasteiger charge is -2.38. The van der Waals surface area contributed by atoms with Crippen molar-refractivity contribution >= 4 is 28.0 Å². The predicted octanol–water partition coefficient (Wildman–Crippen LogP) is 6.46. The summed E-state index contributed by atoms with van der Waals surface area (Å²) in [5.74, 6) is 1.36. The Morgan fingerprint density at radius 3 is 2.14 bits per heavy atom. The summed E-state index contributed by atoms with van der Waals surface area (Å²) in [4.78, 5) is 23.4. The van der Waals surface area contributed by atoms with Gasteiger partial charge in [0.1, 0.15) is 22.7 Å². The third-order valence-electron chi connectivity index (χ3n) is 7.14. The van der Waals surface area contributed by atoms with Gasteiger partial charge in [-0.05, 0) is 49.4 Å². The normalized spacial score (nSPS) is 20.1. The quantitative estimate of drug-likeness (QED) is 0.239. The molecule has 0 spiro atoms. The number of benzene rings is 2. The number of fused-ring (bicyclic) bond motifs is 2. The molecule has 1 aliphatic rings. The Morgan fingerprint density at radius 2 is 1.50 bits per heavy atom. The van der Waals surface area contributed by atoms with Crippen molar-refractivity contribution in [3.8, 4) is 11.5 Å². The molecule has 6 heteroatoms. The smallest absolute Gasteiger partial charge is 0.336 e. The van der Waals surface area contributed by atoms with Crippen LogP contribution in [0.3, 0.4) is 0 Å². The van der Waals surface area contributed by atoms with Gasteiger partial charge in [-0.25, -0.2) is 9.59 Å². The van der Waals surface area contributed by atoms with E-state index in [0.717, 1.165) is 34.7 Å². The van der Waals surface area contributed by atoms with Crippen LogP contribution in [-0.4, -0.2) is 14.2 Å². The molecule has 2 aromatic carbocycles. The monoisotopic (exact) mass is 484 g/mol. The Bertz CT molecular complexity index is 1640. The SMILES string of the molecule is COc1cc2oc(=O)ccc2cc1C=C[C@]1(C)CCC(C)=C[C@H]1c1cc2ccc(=O)oc2cc1OC. The van der Waals surface area contributed by atoms with E-state index in [-0.39, 0.29) is 17.0 Å². The topological polar surface area (TPSA) is 78.9 Å². The van der Waals surface area contributed by atoms with Gasteiger partial charge in [0.05, 0.1) is 14.2 Å². The molecule has 0 unspecified atom stereocenters. The van der Waals surface area contributed by atoms with Crippen LogP contribution in [0.4, 0.5) is 0 Å². The molecule has 0 amide bonds. The molecule has 0 saturated heterocycles. The number of methoxy groups -OCH3 is 2. The lowest BCUT2D eigenvalue weighted by atomic mass is 9.66. The highest BCUT2D eigenvalue weighted by molar-refractivity contribution is 5.83. The van der Waals surface area contributed by atoms with Gasteiger partial charge in [-0.1, -0.05) is 30.7 Å². The lowest BCUT2D eigenvalue weighted by molar-refractivity contribution is 0.322. The number of hydrogen-bond donors (Lipinski definition) is 0. The molecule has 2 atom stereocenters. The van der Waals surface area contributed by atoms with Gasteiger partial charge >= 0.3 is 11.3 Å². The van der Waals surface area contributed by atoms with Crippen molar-refractivity contribution in [3.63, 3.8) is 0 Å². The van der Waals surface area contributed by atoms with Crippen molar-refractivity contribution in [1.82, 2.24) is 0 Å². The molecule has 1 aliphatic carbocycles. The highest BCUT2D eigenvalue weighted by Crippen LogP contribution is 2.50. The maximum absolute atomic E-state index is 11.7. The Labute approximate surface area is 208 Å².